The molecule has 0 saturated carbocycles. The number of nitrogens with zero attached hydrogens (tertiary/aromatic N) is 3. The van der Waals surface area contributed by atoms with E-state index in [-0.39, 0.29) is 12.5 Å². The predicted molar refractivity (Wildman–Crippen MR) is 101 cm³/mol. The molecule has 1 aromatic carbocycles. The summed E-state index contributed by atoms with van der Waals surface area (Å²) >= 11 is 1.61. The van der Waals surface area contributed by atoms with E-state index in [1.165, 1.54) is 16.9 Å². The predicted octanol–water partition coefficient (Wildman–Crippen LogP) is 3.20. The molecular weight excluding hydrogens is 348 g/mol. The molecule has 0 spiro atoms. The van der Waals surface area contributed by atoms with Gasteiger partial charge in [-0.1, -0.05) is 12.1 Å². The highest BCUT2D eigenvalue weighted by molar-refractivity contribution is 7.14. The Kier molecular flexibility index (Phi) is 4.57. The molecule has 2 heterocycles. The molecule has 1 amide bonds. The van der Waals surface area contributed by atoms with Crippen LogP contribution in [0, 0.1) is 5.92 Å². The number of aliphatic hydroxyl groups is 1. The molecule has 0 aliphatic heterocycles. The molecule has 0 fully saturated rings. The molecule has 1 aliphatic rings. The number of aromatic nitrogens is 3. The lowest BCUT2D eigenvalue weighted by Crippen LogP contribution is -2.10. The maximum atomic E-state index is 12.6. The van der Waals surface area contributed by atoms with Crippen LogP contribution in [0.4, 0.5) is 5.69 Å². The van der Waals surface area contributed by atoms with Gasteiger partial charge in [-0.3, -0.25) is 4.79 Å². The van der Waals surface area contributed by atoms with E-state index in [1.54, 1.807) is 22.2 Å². The standard InChI is InChI=1S/C19H20N4O2S/c1-12-2-7-17-13(8-12)9-18(26-17)19(25)20-14-3-5-16(6-4-14)23-10-15(11-24)21-22-23/h3-6,9-10,12,24H,2,7-8,11H2,1H3,(H,20,25). The fourth-order valence-electron chi connectivity index (χ4n) is 3.20. The van der Waals surface area contributed by atoms with E-state index < -0.39 is 0 Å². The van der Waals surface area contributed by atoms with Gasteiger partial charge < -0.3 is 10.4 Å². The summed E-state index contributed by atoms with van der Waals surface area (Å²) in [4.78, 5) is 14.7. The van der Waals surface area contributed by atoms with Crippen molar-refractivity contribution in [2.75, 3.05) is 5.32 Å². The number of carbonyl (C=O) groups is 1. The number of anilines is 1. The average molecular weight is 368 g/mol. The Morgan fingerprint density at radius 3 is 2.92 bits per heavy atom. The molecule has 1 atom stereocenters. The van der Waals surface area contributed by atoms with Crippen molar-refractivity contribution in [3.8, 4) is 5.69 Å². The van der Waals surface area contributed by atoms with E-state index in [1.807, 2.05) is 30.3 Å². The number of rotatable bonds is 4. The number of carbonyl (C=O) groups excluding carboxylic acids is 1. The molecular formula is C19H20N4O2S. The first-order valence-corrected chi connectivity index (χ1v) is 9.49. The van der Waals surface area contributed by atoms with Crippen LogP contribution in [0.25, 0.3) is 5.69 Å². The molecule has 1 aliphatic carbocycles. The minimum atomic E-state index is -0.141. The van der Waals surface area contributed by atoms with Gasteiger partial charge >= 0.3 is 0 Å². The number of aliphatic hydroxyl groups excluding tert-OH is 1. The largest absolute Gasteiger partial charge is 0.390 e. The maximum Gasteiger partial charge on any atom is 0.265 e. The molecule has 2 aromatic heterocycles. The normalized spacial score (nSPS) is 16.3. The Morgan fingerprint density at radius 1 is 1.38 bits per heavy atom. The number of amides is 1. The van der Waals surface area contributed by atoms with E-state index in [9.17, 15) is 4.79 Å². The van der Waals surface area contributed by atoms with Crippen LogP contribution in [0.3, 0.4) is 0 Å². The van der Waals surface area contributed by atoms with Crippen LogP contribution < -0.4 is 5.32 Å². The number of benzene rings is 1. The van der Waals surface area contributed by atoms with Crippen molar-refractivity contribution >= 4 is 22.9 Å². The van der Waals surface area contributed by atoms with E-state index in [0.29, 0.717) is 11.6 Å². The number of thiophene rings is 1. The highest BCUT2D eigenvalue weighted by atomic mass is 32.1. The van der Waals surface area contributed by atoms with Gasteiger partial charge in [-0.15, -0.1) is 16.4 Å². The van der Waals surface area contributed by atoms with Gasteiger partial charge in [0.25, 0.3) is 5.91 Å². The molecule has 0 bridgehead atoms. The monoisotopic (exact) mass is 368 g/mol. The summed E-state index contributed by atoms with van der Waals surface area (Å²) < 4.78 is 1.59. The van der Waals surface area contributed by atoms with E-state index in [4.69, 9.17) is 5.11 Å². The van der Waals surface area contributed by atoms with Crippen molar-refractivity contribution in [1.82, 2.24) is 15.0 Å². The zero-order chi connectivity index (χ0) is 18.1. The Hall–Kier alpha value is -2.51. The Morgan fingerprint density at radius 2 is 2.19 bits per heavy atom. The van der Waals surface area contributed by atoms with Gasteiger partial charge in [0.05, 0.1) is 23.4 Å². The first kappa shape index (κ1) is 16.9. The molecule has 0 saturated heterocycles. The quantitative estimate of drug-likeness (QED) is 0.741. The van der Waals surface area contributed by atoms with E-state index >= 15 is 0 Å². The minimum absolute atomic E-state index is 0.0619. The van der Waals surface area contributed by atoms with Gasteiger partial charge in [-0.2, -0.15) is 0 Å². The third-order valence-corrected chi connectivity index (χ3v) is 5.88. The second kappa shape index (κ2) is 7.01. The summed E-state index contributed by atoms with van der Waals surface area (Å²) in [5.74, 6) is 0.636. The molecule has 1 unspecified atom stereocenters. The van der Waals surface area contributed by atoms with Crippen molar-refractivity contribution in [3.05, 3.63) is 57.5 Å². The zero-order valence-electron chi connectivity index (χ0n) is 14.5. The van der Waals surface area contributed by atoms with Crippen LogP contribution in [-0.4, -0.2) is 26.0 Å². The van der Waals surface area contributed by atoms with Gasteiger partial charge in [0.2, 0.25) is 0 Å². The first-order valence-electron chi connectivity index (χ1n) is 8.68. The Balaban J connectivity index is 1.46. The van der Waals surface area contributed by atoms with Gasteiger partial charge in [0.15, 0.2) is 0 Å². The van der Waals surface area contributed by atoms with Crippen LogP contribution in [0.2, 0.25) is 0 Å². The summed E-state index contributed by atoms with van der Waals surface area (Å²) in [6.45, 7) is 2.12. The number of nitrogens with one attached hydrogen (secondary N) is 1. The van der Waals surface area contributed by atoms with E-state index in [2.05, 4.69) is 22.6 Å². The Labute approximate surface area is 155 Å². The van der Waals surface area contributed by atoms with E-state index in [0.717, 1.165) is 29.1 Å². The average Bonchev–Trinajstić information content (AvgIpc) is 3.28. The van der Waals surface area contributed by atoms with Crippen molar-refractivity contribution in [3.63, 3.8) is 0 Å². The number of fused-ring (bicyclic) bond motifs is 1. The summed E-state index contributed by atoms with van der Waals surface area (Å²) in [5, 5.41) is 19.8. The minimum Gasteiger partial charge on any atom is -0.390 e. The second-order valence-electron chi connectivity index (χ2n) is 6.72. The van der Waals surface area contributed by atoms with Crippen molar-refractivity contribution in [2.45, 2.75) is 32.8 Å². The topological polar surface area (TPSA) is 80.0 Å². The van der Waals surface area contributed by atoms with Crippen LogP contribution in [-0.2, 0) is 19.4 Å². The highest BCUT2D eigenvalue weighted by Crippen LogP contribution is 2.32. The summed E-state index contributed by atoms with van der Waals surface area (Å²) in [7, 11) is 0. The van der Waals surface area contributed by atoms with Gasteiger partial charge in [0, 0.05) is 10.6 Å². The first-order chi connectivity index (χ1) is 12.6. The van der Waals surface area contributed by atoms with Crippen LogP contribution >= 0.6 is 11.3 Å². The molecule has 2 N–H and O–H groups in total. The lowest BCUT2D eigenvalue weighted by Gasteiger charge is -2.16. The molecule has 0 radical (unpaired) electrons. The summed E-state index contributed by atoms with van der Waals surface area (Å²) in [6.07, 6.45) is 5.03. The second-order valence-corrected chi connectivity index (χ2v) is 7.86. The lowest BCUT2D eigenvalue weighted by atomic mass is 9.90. The molecule has 134 valence electrons. The summed E-state index contributed by atoms with van der Waals surface area (Å²) in [6, 6.07) is 9.43. The number of hydrogen-bond acceptors (Lipinski definition) is 5. The molecule has 26 heavy (non-hydrogen) atoms. The smallest absolute Gasteiger partial charge is 0.265 e. The van der Waals surface area contributed by atoms with Gasteiger partial charge in [-0.25, -0.2) is 4.68 Å². The third-order valence-electron chi connectivity index (χ3n) is 4.65. The highest BCUT2D eigenvalue weighted by Gasteiger charge is 2.20. The molecule has 7 heteroatoms. The maximum absolute atomic E-state index is 12.6. The number of hydrogen-bond donors (Lipinski definition) is 2. The molecule has 4 rings (SSSR count). The molecule has 3 aromatic rings. The third kappa shape index (κ3) is 3.40. The fraction of sp³-hybridized carbons (Fsp3) is 0.316. The SMILES string of the molecule is CC1CCc2sc(C(=O)Nc3ccc(-n4cc(CO)nn4)cc3)cc2C1. The van der Waals surface area contributed by atoms with Crippen LogP contribution in [0.15, 0.2) is 36.5 Å². The van der Waals surface area contributed by atoms with Crippen molar-refractivity contribution in [2.24, 2.45) is 5.92 Å². The molecule has 6 nitrogen and oxygen atoms in total. The van der Waals surface area contributed by atoms with Crippen LogP contribution in [0.1, 0.15) is 39.2 Å². The number of aryl methyl sites for hydroxylation is 1. The zero-order valence-corrected chi connectivity index (χ0v) is 15.3. The van der Waals surface area contributed by atoms with Gasteiger partial charge in [0.1, 0.15) is 5.69 Å². The van der Waals surface area contributed by atoms with Crippen molar-refractivity contribution < 1.29 is 9.90 Å². The van der Waals surface area contributed by atoms with Crippen molar-refractivity contribution in [1.29, 1.82) is 0 Å². The fourth-order valence-corrected chi connectivity index (χ4v) is 4.31. The van der Waals surface area contributed by atoms with Crippen LogP contribution in [0.5, 0.6) is 0 Å². The van der Waals surface area contributed by atoms with Gasteiger partial charge in [-0.05, 0) is 61.1 Å². The Bertz CT molecular complexity index is 929. The lowest BCUT2D eigenvalue weighted by molar-refractivity contribution is 0.103. The summed E-state index contributed by atoms with van der Waals surface area (Å²) in [5.41, 5.74) is 3.40.